The maximum absolute atomic E-state index is 2.35. The Bertz CT molecular complexity index is 887. The molecule has 0 aliphatic rings. The molecule has 0 aliphatic heterocycles. The van der Waals surface area contributed by atoms with Gasteiger partial charge in [0, 0.05) is 16.5 Å². The first-order valence-electron chi connectivity index (χ1n) is 9.31. The predicted octanol–water partition coefficient (Wildman–Crippen LogP) is 7.45. The minimum atomic E-state index is 1.21. The second kappa shape index (κ2) is 8.53. The van der Waals surface area contributed by atoms with E-state index in [1.54, 1.807) is 0 Å². The van der Waals surface area contributed by atoms with Gasteiger partial charge in [0.1, 0.15) is 0 Å². The zero-order valence-electron chi connectivity index (χ0n) is 16.3. The smallest absolute Gasteiger partial charge is 0.0541 e. The molecule has 1 nitrogen and oxygen atoms in total. The Labute approximate surface area is 151 Å². The Kier molecular flexibility index (Phi) is 6.41. The monoisotopic (exact) mass is 331 g/mol. The Morgan fingerprint density at radius 3 is 1.44 bits per heavy atom. The van der Waals surface area contributed by atoms with E-state index in [1.165, 1.54) is 38.6 Å². The average Bonchev–Trinajstić information content (AvgIpc) is 2.98. The zero-order chi connectivity index (χ0) is 18.4. The first-order chi connectivity index (χ1) is 12.2. The second-order valence-electron chi connectivity index (χ2n) is 5.71. The van der Waals surface area contributed by atoms with Gasteiger partial charge in [0.05, 0.1) is 11.0 Å². The Balaban J connectivity index is 0.000000528. The molecule has 1 heteroatoms. The molecule has 0 aliphatic carbocycles. The van der Waals surface area contributed by atoms with Gasteiger partial charge in [-0.1, -0.05) is 69.2 Å². The van der Waals surface area contributed by atoms with E-state index >= 15 is 0 Å². The van der Waals surface area contributed by atoms with Crippen LogP contribution in [-0.2, 0) is 0 Å². The normalized spacial score (nSPS) is 10.0. The summed E-state index contributed by atoms with van der Waals surface area (Å²) in [6.45, 7) is 12.3. The van der Waals surface area contributed by atoms with Crippen LogP contribution in [0.15, 0.2) is 66.7 Å². The molecule has 0 fully saturated rings. The third-order valence-electron chi connectivity index (χ3n) is 4.09. The van der Waals surface area contributed by atoms with Crippen LogP contribution in [0, 0.1) is 13.8 Å². The van der Waals surface area contributed by atoms with E-state index in [9.17, 15) is 0 Å². The molecular weight excluding hydrogens is 302 g/mol. The molecule has 130 valence electrons. The quantitative estimate of drug-likeness (QED) is 0.341. The number of fused-ring (bicyclic) bond motifs is 3. The summed E-state index contributed by atoms with van der Waals surface area (Å²) in [6, 6.07) is 24.0. The largest absolute Gasteiger partial charge is 0.309 e. The van der Waals surface area contributed by atoms with Crippen LogP contribution in [0.1, 0.15) is 38.8 Å². The highest BCUT2D eigenvalue weighted by Gasteiger charge is 2.11. The van der Waals surface area contributed by atoms with Crippen molar-refractivity contribution < 1.29 is 0 Å². The van der Waals surface area contributed by atoms with E-state index in [0.717, 1.165) is 0 Å². The summed E-state index contributed by atoms with van der Waals surface area (Å²) in [6.07, 6.45) is 0. The van der Waals surface area contributed by atoms with Gasteiger partial charge in [-0.05, 0) is 50.2 Å². The van der Waals surface area contributed by atoms with Crippen molar-refractivity contribution in [2.24, 2.45) is 0 Å². The molecule has 0 radical (unpaired) electrons. The lowest BCUT2D eigenvalue weighted by Gasteiger charge is -2.07. The molecule has 1 aromatic heterocycles. The number of hydrogen-bond acceptors (Lipinski definition) is 0. The van der Waals surface area contributed by atoms with Crippen molar-refractivity contribution >= 4 is 21.8 Å². The summed E-state index contributed by atoms with van der Waals surface area (Å²) in [4.78, 5) is 0. The highest BCUT2D eigenvalue weighted by Crippen LogP contribution is 2.33. The lowest BCUT2D eigenvalue weighted by molar-refractivity contribution is 1.18. The van der Waals surface area contributed by atoms with Gasteiger partial charge in [-0.25, -0.2) is 0 Å². The average molecular weight is 332 g/mol. The summed E-state index contributed by atoms with van der Waals surface area (Å²) in [5, 5.41) is 2.66. The Hall–Kier alpha value is -2.54. The molecule has 0 unspecified atom stereocenters. The van der Waals surface area contributed by atoms with Crippen LogP contribution in [0.5, 0.6) is 0 Å². The Morgan fingerprint density at radius 1 is 0.560 bits per heavy atom. The van der Waals surface area contributed by atoms with Crippen LogP contribution in [0.25, 0.3) is 27.5 Å². The van der Waals surface area contributed by atoms with Gasteiger partial charge < -0.3 is 4.57 Å². The van der Waals surface area contributed by atoms with Crippen molar-refractivity contribution in [2.45, 2.75) is 41.5 Å². The van der Waals surface area contributed by atoms with Crippen LogP contribution in [-0.4, -0.2) is 4.57 Å². The molecule has 1 heterocycles. The fourth-order valence-electron chi connectivity index (χ4n) is 3.11. The van der Waals surface area contributed by atoms with Crippen LogP contribution in [0.3, 0.4) is 0 Å². The molecule has 3 aromatic carbocycles. The molecule has 0 saturated carbocycles. The van der Waals surface area contributed by atoms with Gasteiger partial charge in [-0.15, -0.1) is 0 Å². The molecule has 0 spiro atoms. The number of aryl methyl sites for hydroxylation is 2. The minimum Gasteiger partial charge on any atom is -0.309 e. The van der Waals surface area contributed by atoms with Crippen LogP contribution >= 0.6 is 0 Å². The SMILES string of the molecule is CC.CC.Cc1ccc2c(c1)c1cc(C)ccc1n2-c1ccccc1. The lowest BCUT2D eigenvalue weighted by Crippen LogP contribution is -1.92. The first-order valence-corrected chi connectivity index (χ1v) is 9.31. The number of rotatable bonds is 1. The summed E-state index contributed by atoms with van der Waals surface area (Å²) in [7, 11) is 0. The number of hydrogen-bond donors (Lipinski definition) is 0. The number of aromatic nitrogens is 1. The molecule has 4 aromatic rings. The summed E-state index contributed by atoms with van der Waals surface area (Å²) < 4.78 is 2.35. The lowest BCUT2D eigenvalue weighted by atomic mass is 10.1. The van der Waals surface area contributed by atoms with E-state index in [1.807, 2.05) is 27.7 Å². The maximum atomic E-state index is 2.35. The van der Waals surface area contributed by atoms with Crippen LogP contribution in [0.4, 0.5) is 0 Å². The van der Waals surface area contributed by atoms with Gasteiger partial charge in [0.15, 0.2) is 0 Å². The van der Waals surface area contributed by atoms with Crippen molar-refractivity contribution in [3.8, 4) is 5.69 Å². The summed E-state index contributed by atoms with van der Waals surface area (Å²) >= 11 is 0. The number of nitrogens with zero attached hydrogens (tertiary/aromatic N) is 1. The van der Waals surface area contributed by atoms with Crippen molar-refractivity contribution in [2.75, 3.05) is 0 Å². The maximum Gasteiger partial charge on any atom is 0.0541 e. The van der Waals surface area contributed by atoms with Crippen molar-refractivity contribution in [3.63, 3.8) is 0 Å². The van der Waals surface area contributed by atoms with Gasteiger partial charge in [-0.2, -0.15) is 0 Å². The summed E-state index contributed by atoms with van der Waals surface area (Å²) in [5.41, 5.74) is 6.36. The fraction of sp³-hybridized carbons (Fsp3) is 0.250. The molecule has 0 atom stereocenters. The van der Waals surface area contributed by atoms with E-state index in [-0.39, 0.29) is 0 Å². The second-order valence-corrected chi connectivity index (χ2v) is 5.71. The third-order valence-corrected chi connectivity index (χ3v) is 4.09. The van der Waals surface area contributed by atoms with Gasteiger partial charge in [-0.3, -0.25) is 0 Å². The standard InChI is InChI=1S/C20H17N.2C2H6/c1-14-8-10-19-17(12-14)18-13-15(2)9-11-20(18)21(19)16-6-4-3-5-7-16;2*1-2/h3-13H,1-2H3;2*1-2H3. The molecule has 4 rings (SSSR count). The van der Waals surface area contributed by atoms with Gasteiger partial charge >= 0.3 is 0 Å². The van der Waals surface area contributed by atoms with Crippen molar-refractivity contribution in [1.82, 2.24) is 4.57 Å². The summed E-state index contributed by atoms with van der Waals surface area (Å²) in [5.74, 6) is 0. The van der Waals surface area contributed by atoms with Crippen molar-refractivity contribution in [3.05, 3.63) is 77.9 Å². The topological polar surface area (TPSA) is 4.93 Å². The van der Waals surface area contributed by atoms with Gasteiger partial charge in [0.25, 0.3) is 0 Å². The molecule has 0 bridgehead atoms. The third kappa shape index (κ3) is 3.61. The van der Waals surface area contributed by atoms with Crippen molar-refractivity contribution in [1.29, 1.82) is 0 Å². The molecular formula is C24H29N. The minimum absolute atomic E-state index is 1.21. The molecule has 0 N–H and O–H groups in total. The first kappa shape index (κ1) is 18.8. The van der Waals surface area contributed by atoms with E-state index in [0.29, 0.717) is 0 Å². The highest BCUT2D eigenvalue weighted by molar-refractivity contribution is 6.09. The molecule has 25 heavy (non-hydrogen) atoms. The van der Waals surface area contributed by atoms with E-state index in [4.69, 9.17) is 0 Å². The molecule has 0 saturated heterocycles. The zero-order valence-corrected chi connectivity index (χ0v) is 16.3. The van der Waals surface area contributed by atoms with Crippen LogP contribution in [0.2, 0.25) is 0 Å². The highest BCUT2D eigenvalue weighted by atomic mass is 15.0. The molecule has 0 amide bonds. The fourth-order valence-corrected chi connectivity index (χ4v) is 3.11. The van der Waals surface area contributed by atoms with E-state index in [2.05, 4.69) is 85.1 Å². The van der Waals surface area contributed by atoms with Crippen LogP contribution < -0.4 is 0 Å². The predicted molar refractivity (Wildman–Crippen MR) is 113 cm³/mol. The Morgan fingerprint density at radius 2 is 1.00 bits per heavy atom. The van der Waals surface area contributed by atoms with E-state index < -0.39 is 0 Å². The van der Waals surface area contributed by atoms with Gasteiger partial charge in [0.2, 0.25) is 0 Å². The number of benzene rings is 3. The number of para-hydroxylation sites is 1.